The molecule has 0 saturated carbocycles. The lowest BCUT2D eigenvalue weighted by atomic mass is 10.00. The van der Waals surface area contributed by atoms with Crippen molar-refractivity contribution in [2.24, 2.45) is 5.92 Å². The van der Waals surface area contributed by atoms with E-state index < -0.39 is 0 Å². The fraction of sp³-hybridized carbons (Fsp3) is 1.00. The maximum absolute atomic E-state index is 3.55. The van der Waals surface area contributed by atoms with E-state index in [2.05, 4.69) is 37.9 Å². The zero-order chi connectivity index (χ0) is 11.3. The smallest absolute Gasteiger partial charge is 0.0207 e. The van der Waals surface area contributed by atoms with Gasteiger partial charge in [-0.3, -0.25) is 4.90 Å². The van der Waals surface area contributed by atoms with E-state index in [-0.39, 0.29) is 0 Å². The van der Waals surface area contributed by atoms with Gasteiger partial charge in [-0.1, -0.05) is 27.2 Å². The summed E-state index contributed by atoms with van der Waals surface area (Å²) in [7, 11) is 0. The summed E-state index contributed by atoms with van der Waals surface area (Å²) >= 11 is 0. The van der Waals surface area contributed by atoms with Crippen molar-refractivity contribution < 1.29 is 0 Å². The molecule has 0 aliphatic carbocycles. The molecule has 1 aliphatic rings. The van der Waals surface area contributed by atoms with Gasteiger partial charge in [0.25, 0.3) is 0 Å². The fourth-order valence-electron chi connectivity index (χ4n) is 2.54. The van der Waals surface area contributed by atoms with Gasteiger partial charge in [0.2, 0.25) is 0 Å². The molecule has 1 N–H and O–H groups in total. The number of likely N-dealkylation sites (N-methyl/N-ethyl adjacent to an activating group) is 1. The van der Waals surface area contributed by atoms with Crippen molar-refractivity contribution in [1.29, 1.82) is 0 Å². The van der Waals surface area contributed by atoms with Crippen LogP contribution in [0.3, 0.4) is 0 Å². The third-order valence-corrected chi connectivity index (χ3v) is 3.78. The quantitative estimate of drug-likeness (QED) is 0.728. The van der Waals surface area contributed by atoms with Crippen molar-refractivity contribution in [2.75, 3.05) is 19.6 Å². The first-order valence-corrected chi connectivity index (χ1v) is 6.64. The van der Waals surface area contributed by atoms with E-state index in [1.165, 1.54) is 32.4 Å². The van der Waals surface area contributed by atoms with Crippen LogP contribution in [0.1, 0.15) is 47.0 Å². The van der Waals surface area contributed by atoms with Gasteiger partial charge in [0.1, 0.15) is 0 Å². The van der Waals surface area contributed by atoms with Crippen LogP contribution in [0, 0.1) is 5.92 Å². The molecule has 2 heteroatoms. The average molecular weight is 212 g/mol. The van der Waals surface area contributed by atoms with Gasteiger partial charge in [-0.25, -0.2) is 0 Å². The molecule has 3 atom stereocenters. The molecule has 0 aromatic rings. The van der Waals surface area contributed by atoms with Crippen LogP contribution in [0.25, 0.3) is 0 Å². The topological polar surface area (TPSA) is 15.3 Å². The molecule has 1 fully saturated rings. The van der Waals surface area contributed by atoms with Gasteiger partial charge in [-0.05, 0) is 32.2 Å². The van der Waals surface area contributed by atoms with Crippen LogP contribution in [0.2, 0.25) is 0 Å². The molecule has 15 heavy (non-hydrogen) atoms. The summed E-state index contributed by atoms with van der Waals surface area (Å²) in [6.45, 7) is 12.9. The second-order valence-electron chi connectivity index (χ2n) is 5.14. The van der Waals surface area contributed by atoms with Crippen LogP contribution < -0.4 is 5.32 Å². The van der Waals surface area contributed by atoms with E-state index in [9.17, 15) is 0 Å². The molecule has 2 nitrogen and oxygen atoms in total. The third-order valence-electron chi connectivity index (χ3n) is 3.78. The van der Waals surface area contributed by atoms with Gasteiger partial charge < -0.3 is 5.32 Å². The number of rotatable bonds is 6. The molecule has 0 spiro atoms. The van der Waals surface area contributed by atoms with E-state index >= 15 is 0 Å². The zero-order valence-electron chi connectivity index (χ0n) is 10.9. The minimum Gasteiger partial charge on any atom is -0.313 e. The second-order valence-corrected chi connectivity index (χ2v) is 5.14. The molecule has 1 heterocycles. The Kier molecular flexibility index (Phi) is 5.62. The molecule has 0 aromatic heterocycles. The third kappa shape index (κ3) is 4.12. The minimum absolute atomic E-state index is 0.745. The second kappa shape index (κ2) is 6.49. The summed E-state index contributed by atoms with van der Waals surface area (Å²) in [5.41, 5.74) is 0. The van der Waals surface area contributed by atoms with Crippen LogP contribution >= 0.6 is 0 Å². The fourth-order valence-corrected chi connectivity index (χ4v) is 2.54. The summed E-state index contributed by atoms with van der Waals surface area (Å²) in [4.78, 5) is 2.65. The van der Waals surface area contributed by atoms with Crippen molar-refractivity contribution in [3.8, 4) is 0 Å². The Bertz CT molecular complexity index is 170. The lowest BCUT2D eigenvalue weighted by Gasteiger charge is -2.26. The highest BCUT2D eigenvalue weighted by Crippen LogP contribution is 2.19. The first-order chi connectivity index (χ1) is 7.17. The predicted molar refractivity (Wildman–Crippen MR) is 67.2 cm³/mol. The van der Waals surface area contributed by atoms with Crippen molar-refractivity contribution in [3.05, 3.63) is 0 Å². The maximum Gasteiger partial charge on any atom is 0.0207 e. The highest BCUT2D eigenvalue weighted by atomic mass is 15.2. The van der Waals surface area contributed by atoms with Crippen molar-refractivity contribution in [3.63, 3.8) is 0 Å². The number of nitrogens with zero attached hydrogens (tertiary/aromatic N) is 1. The molecular formula is C13H28N2. The SMILES string of the molecule is CCNC1CCN(C(C)CC(C)CC)C1. The lowest BCUT2D eigenvalue weighted by Crippen LogP contribution is -2.36. The van der Waals surface area contributed by atoms with Gasteiger partial charge in [0.15, 0.2) is 0 Å². The van der Waals surface area contributed by atoms with Gasteiger partial charge in [0.05, 0.1) is 0 Å². The summed E-state index contributed by atoms with van der Waals surface area (Å²) in [5.74, 6) is 0.873. The van der Waals surface area contributed by atoms with Crippen LogP contribution in [-0.2, 0) is 0 Å². The molecule has 3 unspecified atom stereocenters. The molecule has 1 saturated heterocycles. The van der Waals surface area contributed by atoms with Crippen molar-refractivity contribution in [2.45, 2.75) is 59.0 Å². The highest BCUT2D eigenvalue weighted by Gasteiger charge is 2.25. The zero-order valence-corrected chi connectivity index (χ0v) is 10.9. The van der Waals surface area contributed by atoms with E-state index in [0.29, 0.717) is 0 Å². The molecule has 1 aliphatic heterocycles. The van der Waals surface area contributed by atoms with E-state index in [1.54, 1.807) is 0 Å². The van der Waals surface area contributed by atoms with E-state index in [1.807, 2.05) is 0 Å². The first-order valence-electron chi connectivity index (χ1n) is 6.64. The van der Waals surface area contributed by atoms with Crippen molar-refractivity contribution in [1.82, 2.24) is 10.2 Å². The molecule has 90 valence electrons. The Morgan fingerprint density at radius 2 is 2.07 bits per heavy atom. The highest BCUT2D eigenvalue weighted by molar-refractivity contribution is 4.84. The molecule has 0 radical (unpaired) electrons. The van der Waals surface area contributed by atoms with Crippen LogP contribution in [0.15, 0.2) is 0 Å². The summed E-state index contributed by atoms with van der Waals surface area (Å²) in [6, 6.07) is 1.51. The largest absolute Gasteiger partial charge is 0.313 e. The first kappa shape index (κ1) is 13.0. The molecule has 0 bridgehead atoms. The molecule has 0 aromatic carbocycles. The maximum atomic E-state index is 3.55. The number of nitrogens with one attached hydrogen (secondary N) is 1. The van der Waals surface area contributed by atoms with Gasteiger partial charge >= 0.3 is 0 Å². The Morgan fingerprint density at radius 1 is 1.33 bits per heavy atom. The van der Waals surface area contributed by atoms with E-state index in [0.717, 1.165) is 24.5 Å². The predicted octanol–water partition coefficient (Wildman–Crippen LogP) is 2.49. The van der Waals surface area contributed by atoms with E-state index in [4.69, 9.17) is 0 Å². The number of hydrogen-bond donors (Lipinski definition) is 1. The van der Waals surface area contributed by atoms with Crippen LogP contribution in [-0.4, -0.2) is 36.6 Å². The molecule has 1 rings (SSSR count). The van der Waals surface area contributed by atoms with Gasteiger partial charge in [0, 0.05) is 25.2 Å². The van der Waals surface area contributed by atoms with Crippen LogP contribution in [0.4, 0.5) is 0 Å². The Hall–Kier alpha value is -0.0800. The molecular weight excluding hydrogens is 184 g/mol. The lowest BCUT2D eigenvalue weighted by molar-refractivity contribution is 0.218. The normalized spacial score (nSPS) is 26.8. The summed E-state index contributed by atoms with van der Waals surface area (Å²) < 4.78 is 0. The molecule has 0 amide bonds. The average Bonchev–Trinajstić information content (AvgIpc) is 2.67. The van der Waals surface area contributed by atoms with Crippen LogP contribution in [0.5, 0.6) is 0 Å². The standard InChI is InChI=1S/C13H28N2/c1-5-11(3)9-12(4)15-8-7-13(10-15)14-6-2/h11-14H,5-10H2,1-4H3. The monoisotopic (exact) mass is 212 g/mol. The Labute approximate surface area is 95.4 Å². The Balaban J connectivity index is 2.26. The van der Waals surface area contributed by atoms with Gasteiger partial charge in [-0.15, -0.1) is 0 Å². The number of likely N-dealkylation sites (tertiary alicyclic amines) is 1. The Morgan fingerprint density at radius 3 is 2.67 bits per heavy atom. The van der Waals surface area contributed by atoms with Crippen molar-refractivity contribution >= 4 is 0 Å². The number of hydrogen-bond acceptors (Lipinski definition) is 2. The summed E-state index contributed by atoms with van der Waals surface area (Å²) in [6.07, 6.45) is 4.00. The minimum atomic E-state index is 0.745. The summed E-state index contributed by atoms with van der Waals surface area (Å²) in [5, 5.41) is 3.55. The van der Waals surface area contributed by atoms with Gasteiger partial charge in [-0.2, -0.15) is 0 Å².